The Hall–Kier alpha value is -1.91. The molecule has 0 atom stereocenters. The maximum atomic E-state index is 11.9. The minimum atomic E-state index is -0.383. The summed E-state index contributed by atoms with van der Waals surface area (Å²) in [5.74, 6) is 0.792. The van der Waals surface area contributed by atoms with Gasteiger partial charge in [-0.2, -0.15) is 0 Å². The van der Waals surface area contributed by atoms with Crippen LogP contribution in [0.3, 0.4) is 0 Å². The number of ether oxygens (including phenoxy) is 1. The van der Waals surface area contributed by atoms with Gasteiger partial charge in [0.1, 0.15) is 5.75 Å². The van der Waals surface area contributed by atoms with Crippen molar-refractivity contribution in [3.05, 3.63) is 57.1 Å². The average molecular weight is 353 g/mol. The quantitative estimate of drug-likeness (QED) is 0.754. The Kier molecular flexibility index (Phi) is 5.74. The highest BCUT2D eigenvalue weighted by Crippen LogP contribution is 2.26. The summed E-state index contributed by atoms with van der Waals surface area (Å²) in [7, 11) is 0. The van der Waals surface area contributed by atoms with E-state index in [4.69, 9.17) is 27.9 Å². The zero-order valence-corrected chi connectivity index (χ0v) is 14.7. The molecule has 0 unspecified atom stereocenters. The highest BCUT2D eigenvalue weighted by molar-refractivity contribution is 6.42. The SMILES string of the molecule is Cc1ccc(C)c(OCNC(=O)Nc2ccc(Cl)c(Cl)c2)c1C. The van der Waals surface area contributed by atoms with Crippen LogP contribution in [0.5, 0.6) is 5.75 Å². The van der Waals surface area contributed by atoms with Crippen LogP contribution in [0, 0.1) is 20.8 Å². The summed E-state index contributed by atoms with van der Waals surface area (Å²) in [6.07, 6.45) is 0. The maximum Gasteiger partial charge on any atom is 0.321 e. The molecule has 0 aromatic heterocycles. The zero-order chi connectivity index (χ0) is 17.0. The van der Waals surface area contributed by atoms with Crippen LogP contribution in [0.1, 0.15) is 16.7 Å². The second-order valence-corrected chi connectivity index (χ2v) is 6.02. The first-order valence-corrected chi connectivity index (χ1v) is 7.83. The lowest BCUT2D eigenvalue weighted by Gasteiger charge is -2.14. The predicted molar refractivity (Wildman–Crippen MR) is 94.8 cm³/mol. The molecule has 6 heteroatoms. The summed E-state index contributed by atoms with van der Waals surface area (Å²) >= 11 is 11.7. The fourth-order valence-electron chi connectivity index (χ4n) is 2.07. The van der Waals surface area contributed by atoms with E-state index >= 15 is 0 Å². The number of carbonyl (C=O) groups excluding carboxylic acids is 1. The highest BCUT2D eigenvalue weighted by atomic mass is 35.5. The molecule has 0 bridgehead atoms. The van der Waals surface area contributed by atoms with Crippen molar-refractivity contribution in [3.63, 3.8) is 0 Å². The lowest BCUT2D eigenvalue weighted by atomic mass is 10.1. The van der Waals surface area contributed by atoms with Gasteiger partial charge in [-0.05, 0) is 55.7 Å². The predicted octanol–water partition coefficient (Wildman–Crippen LogP) is 5.08. The smallest absolute Gasteiger partial charge is 0.321 e. The molecule has 0 aliphatic rings. The molecular weight excluding hydrogens is 335 g/mol. The third kappa shape index (κ3) is 4.53. The van der Waals surface area contributed by atoms with Crippen LogP contribution in [-0.4, -0.2) is 12.8 Å². The van der Waals surface area contributed by atoms with Gasteiger partial charge < -0.3 is 15.4 Å². The molecule has 2 aromatic rings. The number of benzene rings is 2. The first-order chi connectivity index (χ1) is 10.9. The first-order valence-electron chi connectivity index (χ1n) is 7.08. The number of nitrogens with one attached hydrogen (secondary N) is 2. The number of hydrogen-bond acceptors (Lipinski definition) is 2. The van der Waals surface area contributed by atoms with E-state index in [1.54, 1.807) is 18.2 Å². The van der Waals surface area contributed by atoms with Gasteiger partial charge in [-0.3, -0.25) is 0 Å². The normalized spacial score (nSPS) is 10.3. The van der Waals surface area contributed by atoms with Crippen LogP contribution in [0.2, 0.25) is 10.0 Å². The number of rotatable bonds is 4. The molecule has 4 nitrogen and oxygen atoms in total. The Balaban J connectivity index is 1.90. The number of hydrogen-bond donors (Lipinski definition) is 2. The fraction of sp³-hybridized carbons (Fsp3) is 0.235. The Morgan fingerprint density at radius 3 is 2.43 bits per heavy atom. The van der Waals surface area contributed by atoms with Gasteiger partial charge in [0, 0.05) is 5.69 Å². The van der Waals surface area contributed by atoms with Crippen molar-refractivity contribution in [2.45, 2.75) is 20.8 Å². The summed E-state index contributed by atoms with van der Waals surface area (Å²) in [5, 5.41) is 6.12. The molecule has 0 aliphatic carbocycles. The van der Waals surface area contributed by atoms with Gasteiger partial charge in [0.15, 0.2) is 6.73 Å². The van der Waals surface area contributed by atoms with Crippen molar-refractivity contribution in [3.8, 4) is 5.75 Å². The molecule has 0 heterocycles. The van der Waals surface area contributed by atoms with Crippen molar-refractivity contribution < 1.29 is 9.53 Å². The summed E-state index contributed by atoms with van der Waals surface area (Å²) in [5.41, 5.74) is 3.79. The average Bonchev–Trinajstić information content (AvgIpc) is 2.50. The van der Waals surface area contributed by atoms with Crippen molar-refractivity contribution >= 4 is 34.9 Å². The molecular formula is C17H18Cl2N2O2. The molecule has 23 heavy (non-hydrogen) atoms. The molecule has 2 aromatic carbocycles. The van der Waals surface area contributed by atoms with Gasteiger partial charge in [-0.15, -0.1) is 0 Å². The number of amides is 2. The number of urea groups is 1. The van der Waals surface area contributed by atoms with E-state index < -0.39 is 0 Å². The maximum absolute atomic E-state index is 11.9. The van der Waals surface area contributed by atoms with Crippen molar-refractivity contribution in [2.75, 3.05) is 12.0 Å². The van der Waals surface area contributed by atoms with E-state index in [1.165, 1.54) is 0 Å². The number of halogens is 2. The molecule has 0 saturated heterocycles. The summed E-state index contributed by atoms with van der Waals surface area (Å²) in [4.78, 5) is 11.9. The van der Waals surface area contributed by atoms with Crippen LogP contribution in [0.15, 0.2) is 30.3 Å². The second kappa shape index (κ2) is 7.57. The molecule has 0 radical (unpaired) electrons. The Labute approximate surface area is 145 Å². The van der Waals surface area contributed by atoms with Crippen LogP contribution in [0.25, 0.3) is 0 Å². The van der Waals surface area contributed by atoms with Crippen molar-refractivity contribution in [2.24, 2.45) is 0 Å². The number of anilines is 1. The largest absolute Gasteiger partial charge is 0.473 e. The van der Waals surface area contributed by atoms with E-state index in [-0.39, 0.29) is 12.8 Å². The Morgan fingerprint density at radius 1 is 1.04 bits per heavy atom. The Morgan fingerprint density at radius 2 is 1.74 bits per heavy atom. The van der Waals surface area contributed by atoms with E-state index in [0.717, 1.165) is 22.4 Å². The molecule has 0 saturated carbocycles. The van der Waals surface area contributed by atoms with Gasteiger partial charge in [0.05, 0.1) is 10.0 Å². The second-order valence-electron chi connectivity index (χ2n) is 5.20. The molecule has 2 N–H and O–H groups in total. The number of carbonyl (C=O) groups is 1. The van der Waals surface area contributed by atoms with E-state index in [0.29, 0.717) is 15.7 Å². The third-order valence-corrected chi connectivity index (χ3v) is 4.24. The van der Waals surface area contributed by atoms with Crippen molar-refractivity contribution in [1.29, 1.82) is 0 Å². The molecule has 2 amide bonds. The molecule has 0 fully saturated rings. The van der Waals surface area contributed by atoms with E-state index in [9.17, 15) is 4.79 Å². The standard InChI is InChI=1S/C17H18Cl2N2O2/c1-10-4-5-11(2)16(12(10)3)23-9-20-17(22)21-13-6-7-14(18)15(19)8-13/h4-8H,9H2,1-3H3,(H2,20,21,22). The van der Waals surface area contributed by atoms with Gasteiger partial charge in [-0.25, -0.2) is 4.79 Å². The van der Waals surface area contributed by atoms with Crippen LogP contribution in [0.4, 0.5) is 10.5 Å². The monoisotopic (exact) mass is 352 g/mol. The minimum Gasteiger partial charge on any atom is -0.473 e. The molecule has 2 rings (SSSR count). The molecule has 0 spiro atoms. The summed E-state index contributed by atoms with van der Waals surface area (Å²) < 4.78 is 5.68. The van der Waals surface area contributed by atoms with Gasteiger partial charge in [-0.1, -0.05) is 35.3 Å². The minimum absolute atomic E-state index is 0.0677. The van der Waals surface area contributed by atoms with Crippen molar-refractivity contribution in [1.82, 2.24) is 5.32 Å². The van der Waals surface area contributed by atoms with Gasteiger partial charge in [0.2, 0.25) is 0 Å². The van der Waals surface area contributed by atoms with E-state index in [1.807, 2.05) is 32.9 Å². The van der Waals surface area contributed by atoms with Gasteiger partial charge >= 0.3 is 6.03 Å². The molecule has 0 aliphatic heterocycles. The zero-order valence-electron chi connectivity index (χ0n) is 13.2. The summed E-state index contributed by atoms with van der Waals surface area (Å²) in [6, 6.07) is 8.53. The van der Waals surface area contributed by atoms with Crippen LogP contribution >= 0.6 is 23.2 Å². The lowest BCUT2D eigenvalue weighted by molar-refractivity contribution is 0.234. The fourth-order valence-corrected chi connectivity index (χ4v) is 2.37. The van der Waals surface area contributed by atoms with Crippen LogP contribution in [-0.2, 0) is 0 Å². The van der Waals surface area contributed by atoms with Crippen LogP contribution < -0.4 is 15.4 Å². The summed E-state index contributed by atoms with van der Waals surface area (Å²) in [6.45, 7) is 6.05. The highest BCUT2D eigenvalue weighted by Gasteiger charge is 2.08. The van der Waals surface area contributed by atoms with E-state index in [2.05, 4.69) is 10.6 Å². The lowest BCUT2D eigenvalue weighted by Crippen LogP contribution is -2.32. The third-order valence-electron chi connectivity index (χ3n) is 3.50. The van der Waals surface area contributed by atoms with Gasteiger partial charge in [0.25, 0.3) is 0 Å². The molecule has 122 valence electrons. The Bertz CT molecular complexity index is 733. The first kappa shape index (κ1) is 17.4. The topological polar surface area (TPSA) is 50.4 Å². The number of aryl methyl sites for hydroxylation is 2.